The van der Waals surface area contributed by atoms with E-state index in [-0.39, 0.29) is 62.5 Å². The van der Waals surface area contributed by atoms with Gasteiger partial charge in [-0.3, -0.25) is 9.59 Å². The number of ether oxygens (including phenoxy) is 2. The molecule has 0 aliphatic heterocycles. The molecule has 0 heterocycles. The predicted octanol–water partition coefficient (Wildman–Crippen LogP) is 4.43. The number of carboxylic acids is 1. The summed E-state index contributed by atoms with van der Waals surface area (Å²) in [4.78, 5) is 35.0. The van der Waals surface area contributed by atoms with Gasteiger partial charge in [0.15, 0.2) is 0 Å². The largest absolute Gasteiger partial charge is 0.481 e. The van der Waals surface area contributed by atoms with E-state index < -0.39 is 17.4 Å². The lowest BCUT2D eigenvalue weighted by Gasteiger charge is -2.59. The molecule has 1 saturated carbocycles. The second-order valence-corrected chi connectivity index (χ2v) is 11.2. The number of rotatable bonds is 14. The lowest BCUT2D eigenvalue weighted by molar-refractivity contribution is -0.148. The molecule has 2 rings (SSSR count). The summed E-state index contributed by atoms with van der Waals surface area (Å²) >= 11 is 0. The van der Waals surface area contributed by atoms with E-state index in [0.29, 0.717) is 17.9 Å². The van der Waals surface area contributed by atoms with E-state index in [1.54, 1.807) is 19.9 Å². The summed E-state index contributed by atoms with van der Waals surface area (Å²) in [6.07, 6.45) is 9.10. The van der Waals surface area contributed by atoms with E-state index in [9.17, 15) is 24.6 Å². The Hall–Kier alpha value is -2.19. The third-order valence-electron chi connectivity index (χ3n) is 9.15. The monoisotopic (exact) mass is 522 g/mol. The van der Waals surface area contributed by atoms with Crippen molar-refractivity contribution in [3.63, 3.8) is 0 Å². The molecule has 37 heavy (non-hydrogen) atoms. The van der Waals surface area contributed by atoms with Crippen LogP contribution in [-0.4, -0.2) is 59.7 Å². The first-order chi connectivity index (χ1) is 17.5. The number of carbonyl (C=O) groups excluding carboxylic acids is 2. The summed E-state index contributed by atoms with van der Waals surface area (Å²) in [5, 5.41) is 29.2. The molecule has 0 aromatic heterocycles. The maximum atomic E-state index is 12.1. The topological polar surface area (TPSA) is 130 Å². The smallest absolute Gasteiger partial charge is 0.333 e. The van der Waals surface area contributed by atoms with Crippen LogP contribution in [0.2, 0.25) is 0 Å². The van der Waals surface area contributed by atoms with Crippen molar-refractivity contribution in [1.29, 1.82) is 0 Å². The quantitative estimate of drug-likeness (QED) is 0.173. The highest BCUT2D eigenvalue weighted by Crippen LogP contribution is 2.62. The summed E-state index contributed by atoms with van der Waals surface area (Å²) in [5.41, 5.74) is 0.934. The van der Waals surface area contributed by atoms with Crippen molar-refractivity contribution < 1.29 is 39.2 Å². The number of allylic oxidation sites excluding steroid dienone is 2. The van der Waals surface area contributed by atoms with Gasteiger partial charge in [0.25, 0.3) is 0 Å². The van der Waals surface area contributed by atoms with E-state index in [2.05, 4.69) is 19.9 Å². The molecule has 0 aromatic rings. The molecule has 0 spiro atoms. The van der Waals surface area contributed by atoms with Crippen LogP contribution >= 0.6 is 0 Å². The number of esters is 2. The fourth-order valence-electron chi connectivity index (χ4n) is 6.36. The Kier molecular flexibility index (Phi) is 11.8. The van der Waals surface area contributed by atoms with Gasteiger partial charge in [-0.2, -0.15) is 0 Å². The van der Waals surface area contributed by atoms with E-state index >= 15 is 0 Å². The Morgan fingerprint density at radius 1 is 1.16 bits per heavy atom. The third-order valence-corrected chi connectivity index (χ3v) is 9.15. The zero-order valence-electron chi connectivity index (χ0n) is 23.0. The zero-order chi connectivity index (χ0) is 27.6. The molecule has 210 valence electrons. The van der Waals surface area contributed by atoms with Crippen molar-refractivity contribution in [2.75, 3.05) is 26.4 Å². The average molecular weight is 523 g/mol. The van der Waals surface area contributed by atoms with Crippen LogP contribution in [0, 0.1) is 28.6 Å². The molecule has 5 atom stereocenters. The first kappa shape index (κ1) is 31.0. The van der Waals surface area contributed by atoms with Gasteiger partial charge in [-0.1, -0.05) is 26.0 Å². The Bertz CT molecular complexity index is 862. The van der Waals surface area contributed by atoms with Gasteiger partial charge in [0, 0.05) is 17.6 Å². The Balaban J connectivity index is 2.15. The van der Waals surface area contributed by atoms with Gasteiger partial charge in [-0.25, -0.2) is 4.79 Å². The van der Waals surface area contributed by atoms with Crippen LogP contribution in [0.3, 0.4) is 0 Å². The van der Waals surface area contributed by atoms with Crippen LogP contribution in [0.5, 0.6) is 0 Å². The van der Waals surface area contributed by atoms with E-state index in [1.807, 2.05) is 0 Å². The van der Waals surface area contributed by atoms with Crippen LogP contribution in [0.15, 0.2) is 23.3 Å². The number of aliphatic hydroxyl groups excluding tert-OH is 2. The minimum absolute atomic E-state index is 0.0290. The van der Waals surface area contributed by atoms with Crippen molar-refractivity contribution in [1.82, 2.24) is 0 Å². The van der Waals surface area contributed by atoms with E-state index in [1.165, 1.54) is 0 Å². The molecule has 2 aliphatic carbocycles. The van der Waals surface area contributed by atoms with Gasteiger partial charge in [0.05, 0.1) is 26.1 Å². The van der Waals surface area contributed by atoms with Gasteiger partial charge in [-0.05, 0) is 87.5 Å². The fourth-order valence-corrected chi connectivity index (χ4v) is 6.36. The number of carboxylic acid groups (broad SMARTS) is 1. The highest BCUT2D eigenvalue weighted by Gasteiger charge is 2.56. The lowest BCUT2D eigenvalue weighted by atomic mass is 9.46. The standard InChI is InChI=1S/C29H46O8/c1-5-20(2)27(35)37-17-22(13-16-30)12-14-28(4)21(3)11-15-29(19-31)23(7-6-8-24(28)29)18-36-26(34)10-9-25(32)33/h5,7,21-22,24,30-31H,6,8-19H2,1-4H3,(H,32,33)/b20-5-/t21-,22+,24-,28-,29-/m1/s1. The number of aliphatic hydroxyl groups is 2. The summed E-state index contributed by atoms with van der Waals surface area (Å²) in [7, 11) is 0. The van der Waals surface area contributed by atoms with Crippen molar-refractivity contribution in [3.05, 3.63) is 23.3 Å². The Labute approximate surface area is 221 Å². The van der Waals surface area contributed by atoms with Crippen LogP contribution in [-0.2, 0) is 23.9 Å². The molecule has 3 N–H and O–H groups in total. The molecule has 8 heteroatoms. The minimum atomic E-state index is -1.04. The summed E-state index contributed by atoms with van der Waals surface area (Å²) in [6, 6.07) is 0. The number of aliphatic carboxylic acids is 1. The molecular weight excluding hydrogens is 476 g/mol. The molecule has 8 nitrogen and oxygen atoms in total. The molecular formula is C29H46O8. The van der Waals surface area contributed by atoms with E-state index in [0.717, 1.165) is 44.1 Å². The molecule has 0 unspecified atom stereocenters. The number of carbonyl (C=O) groups is 3. The van der Waals surface area contributed by atoms with Crippen molar-refractivity contribution in [2.24, 2.45) is 28.6 Å². The van der Waals surface area contributed by atoms with Crippen LogP contribution < -0.4 is 0 Å². The molecule has 0 amide bonds. The Morgan fingerprint density at radius 2 is 1.89 bits per heavy atom. The molecule has 1 fully saturated rings. The second-order valence-electron chi connectivity index (χ2n) is 11.2. The number of hydrogen-bond donors (Lipinski definition) is 3. The maximum absolute atomic E-state index is 12.1. The van der Waals surface area contributed by atoms with Gasteiger partial charge in [-0.15, -0.1) is 0 Å². The zero-order valence-corrected chi connectivity index (χ0v) is 23.0. The summed E-state index contributed by atoms with van der Waals surface area (Å²) in [5.74, 6) is -1.26. The van der Waals surface area contributed by atoms with Crippen LogP contribution in [0.4, 0.5) is 0 Å². The summed E-state index contributed by atoms with van der Waals surface area (Å²) in [6.45, 7) is 8.42. The first-order valence-corrected chi connectivity index (χ1v) is 13.6. The molecule has 2 aliphatic rings. The van der Waals surface area contributed by atoms with E-state index in [4.69, 9.17) is 14.6 Å². The Morgan fingerprint density at radius 3 is 2.51 bits per heavy atom. The number of hydrogen-bond acceptors (Lipinski definition) is 7. The molecule has 0 bridgehead atoms. The predicted molar refractivity (Wildman–Crippen MR) is 139 cm³/mol. The van der Waals surface area contributed by atoms with Gasteiger partial charge < -0.3 is 24.8 Å². The first-order valence-electron chi connectivity index (χ1n) is 13.6. The highest BCUT2D eigenvalue weighted by molar-refractivity contribution is 5.87. The SMILES string of the molecule is C/C=C(/C)C(=O)OC[C@H](CCO)CC[C@]1(C)[C@H](C)CC[C@@]2(CO)C(COC(=O)CCC(=O)O)=CCC[C@@H]21. The molecule has 0 aromatic carbocycles. The van der Waals surface area contributed by atoms with Crippen molar-refractivity contribution in [3.8, 4) is 0 Å². The van der Waals surface area contributed by atoms with Crippen LogP contribution in [0.25, 0.3) is 0 Å². The normalized spacial score (nSPS) is 28.6. The minimum Gasteiger partial charge on any atom is -0.481 e. The third kappa shape index (κ3) is 7.66. The molecule has 0 radical (unpaired) electrons. The van der Waals surface area contributed by atoms with Gasteiger partial charge >= 0.3 is 17.9 Å². The number of fused-ring (bicyclic) bond motifs is 1. The second kappa shape index (κ2) is 14.1. The van der Waals surface area contributed by atoms with Crippen molar-refractivity contribution >= 4 is 17.9 Å². The fraction of sp³-hybridized carbons (Fsp3) is 0.759. The highest BCUT2D eigenvalue weighted by atomic mass is 16.5. The van der Waals surface area contributed by atoms with Crippen molar-refractivity contribution in [2.45, 2.75) is 85.5 Å². The maximum Gasteiger partial charge on any atom is 0.333 e. The summed E-state index contributed by atoms with van der Waals surface area (Å²) < 4.78 is 11.0. The average Bonchev–Trinajstić information content (AvgIpc) is 2.89. The molecule has 0 saturated heterocycles. The van der Waals surface area contributed by atoms with Gasteiger partial charge in [0.1, 0.15) is 6.61 Å². The lowest BCUT2D eigenvalue weighted by Crippen LogP contribution is -2.53. The van der Waals surface area contributed by atoms with Gasteiger partial charge in [0.2, 0.25) is 0 Å². The van der Waals surface area contributed by atoms with Crippen LogP contribution in [0.1, 0.15) is 85.5 Å².